The van der Waals surface area contributed by atoms with Crippen LogP contribution in [-0.4, -0.2) is 29.9 Å². The molecule has 1 aromatic rings. The van der Waals surface area contributed by atoms with Crippen LogP contribution in [-0.2, 0) is 11.3 Å². The van der Waals surface area contributed by atoms with E-state index in [1.165, 1.54) is 25.3 Å². The molecule has 0 spiro atoms. The quantitative estimate of drug-likeness (QED) is 0.870. The van der Waals surface area contributed by atoms with E-state index in [9.17, 15) is 18.0 Å². The molecular weight excluding hydrogens is 289 g/mol. The first-order valence-electron chi connectivity index (χ1n) is 5.78. The van der Waals surface area contributed by atoms with Crippen LogP contribution in [0, 0.1) is 11.3 Å². The zero-order valence-electron chi connectivity index (χ0n) is 11.3. The van der Waals surface area contributed by atoms with Gasteiger partial charge >= 0.3 is 12.1 Å². The lowest BCUT2D eigenvalue weighted by molar-refractivity contribution is -0.206. The van der Waals surface area contributed by atoms with Gasteiger partial charge in [0.25, 0.3) is 0 Å². The number of hydrogen-bond acceptors (Lipinski definition) is 4. The van der Waals surface area contributed by atoms with Crippen LogP contribution in [0.25, 0.3) is 0 Å². The van der Waals surface area contributed by atoms with Crippen LogP contribution in [0.4, 0.5) is 13.2 Å². The van der Waals surface area contributed by atoms with Crippen molar-refractivity contribution in [3.63, 3.8) is 0 Å². The van der Waals surface area contributed by atoms with E-state index in [0.29, 0.717) is 12.5 Å². The van der Waals surface area contributed by atoms with Gasteiger partial charge < -0.3 is 9.84 Å². The number of hydrogen-bond donors (Lipinski definition) is 2. The predicted octanol–water partition coefficient (Wildman–Crippen LogP) is 2.06. The highest BCUT2D eigenvalue weighted by Gasteiger charge is 2.57. The summed E-state index contributed by atoms with van der Waals surface area (Å²) < 4.78 is 43.3. The average molecular weight is 302 g/mol. The van der Waals surface area contributed by atoms with Crippen LogP contribution >= 0.6 is 0 Å². The van der Waals surface area contributed by atoms with Gasteiger partial charge in [0.05, 0.1) is 12.7 Å². The molecule has 0 fully saturated rings. The van der Waals surface area contributed by atoms with Crippen molar-refractivity contribution in [1.82, 2.24) is 5.32 Å². The highest BCUT2D eigenvalue weighted by molar-refractivity contribution is 5.79. The highest BCUT2D eigenvalue weighted by Crippen LogP contribution is 2.31. The molecule has 0 heterocycles. The molecule has 2 N–H and O–H groups in total. The van der Waals surface area contributed by atoms with E-state index in [-0.39, 0.29) is 17.9 Å². The number of carbonyl (C=O) groups is 1. The van der Waals surface area contributed by atoms with E-state index >= 15 is 0 Å². The summed E-state index contributed by atoms with van der Waals surface area (Å²) in [5.74, 6) is -1.73. The Morgan fingerprint density at radius 3 is 2.52 bits per heavy atom. The molecule has 1 rings (SSSR count). The number of aliphatic carboxylic acids is 1. The summed E-state index contributed by atoms with van der Waals surface area (Å²) in [7, 11) is 1.36. The largest absolute Gasteiger partial charge is 0.495 e. The molecule has 0 amide bonds. The smallest absolute Gasteiger partial charge is 0.417 e. The van der Waals surface area contributed by atoms with Gasteiger partial charge in [0.15, 0.2) is 0 Å². The van der Waals surface area contributed by atoms with Gasteiger partial charge in [0, 0.05) is 6.54 Å². The third kappa shape index (κ3) is 3.44. The standard InChI is InChI=1S/C13H13F3N2O3/c1-12(11(19)20,13(14,15)16)18-7-8-3-4-10(21-2)9(5-8)6-17/h3-5,18H,7H2,1-2H3,(H,19,20). The van der Waals surface area contributed by atoms with E-state index < -0.39 is 17.7 Å². The van der Waals surface area contributed by atoms with E-state index in [1.807, 2.05) is 11.4 Å². The third-order valence-electron chi connectivity index (χ3n) is 3.03. The fourth-order valence-corrected chi connectivity index (χ4v) is 1.53. The predicted molar refractivity (Wildman–Crippen MR) is 66.6 cm³/mol. The first-order chi connectivity index (χ1) is 9.65. The molecule has 1 aromatic carbocycles. The minimum atomic E-state index is -4.95. The Kier molecular flexibility index (Phi) is 4.80. The number of rotatable bonds is 5. The molecule has 0 saturated carbocycles. The summed E-state index contributed by atoms with van der Waals surface area (Å²) in [5, 5.41) is 19.6. The Labute approximate surface area is 118 Å². The van der Waals surface area contributed by atoms with E-state index in [1.54, 1.807) is 0 Å². The van der Waals surface area contributed by atoms with Gasteiger partial charge in [-0.05, 0) is 24.6 Å². The molecule has 0 bridgehead atoms. The van der Waals surface area contributed by atoms with Crippen molar-refractivity contribution in [1.29, 1.82) is 5.26 Å². The Morgan fingerprint density at radius 1 is 1.48 bits per heavy atom. The summed E-state index contributed by atoms with van der Waals surface area (Å²) in [5.41, 5.74) is -2.58. The Morgan fingerprint density at radius 2 is 2.10 bits per heavy atom. The number of nitrogens with zero attached hydrogens (tertiary/aromatic N) is 1. The third-order valence-corrected chi connectivity index (χ3v) is 3.03. The van der Waals surface area contributed by atoms with Crippen LogP contribution in [0.3, 0.4) is 0 Å². The minimum Gasteiger partial charge on any atom is -0.495 e. The minimum absolute atomic E-state index is 0.154. The fraction of sp³-hybridized carbons (Fsp3) is 0.385. The van der Waals surface area contributed by atoms with Gasteiger partial charge in [0.1, 0.15) is 11.8 Å². The summed E-state index contributed by atoms with van der Waals surface area (Å²) in [6, 6.07) is 6.07. The first kappa shape index (κ1) is 16.8. The topological polar surface area (TPSA) is 82.3 Å². The Balaban J connectivity index is 2.98. The maximum absolute atomic E-state index is 12.8. The van der Waals surface area contributed by atoms with E-state index in [4.69, 9.17) is 15.1 Å². The van der Waals surface area contributed by atoms with Gasteiger partial charge in [-0.25, -0.2) is 4.79 Å². The fourth-order valence-electron chi connectivity index (χ4n) is 1.53. The summed E-state index contributed by atoms with van der Waals surface area (Å²) in [6.45, 7) is 0.186. The van der Waals surface area contributed by atoms with Gasteiger partial charge in [-0.15, -0.1) is 0 Å². The number of nitrogens with one attached hydrogen (secondary N) is 1. The molecule has 21 heavy (non-hydrogen) atoms. The van der Waals surface area contributed by atoms with Crippen LogP contribution < -0.4 is 10.1 Å². The van der Waals surface area contributed by atoms with Gasteiger partial charge in [-0.1, -0.05) is 6.07 Å². The number of methoxy groups -OCH3 is 1. The second-order valence-corrected chi connectivity index (χ2v) is 4.43. The number of benzene rings is 1. The van der Waals surface area contributed by atoms with Crippen molar-refractivity contribution < 1.29 is 27.8 Å². The number of nitriles is 1. The van der Waals surface area contributed by atoms with Crippen molar-refractivity contribution in [3.05, 3.63) is 29.3 Å². The lowest BCUT2D eigenvalue weighted by atomic mass is 10.0. The molecule has 0 aliphatic carbocycles. The molecule has 0 aromatic heterocycles. The van der Waals surface area contributed by atoms with Gasteiger partial charge in [0.2, 0.25) is 5.54 Å². The first-order valence-corrected chi connectivity index (χ1v) is 5.78. The maximum atomic E-state index is 12.8. The van der Waals surface area contributed by atoms with Crippen LogP contribution in [0.5, 0.6) is 5.75 Å². The highest BCUT2D eigenvalue weighted by atomic mass is 19.4. The number of carboxylic acid groups (broad SMARTS) is 1. The molecule has 1 unspecified atom stereocenters. The summed E-state index contributed by atoms with van der Waals surface area (Å²) in [6.07, 6.45) is -4.95. The lowest BCUT2D eigenvalue weighted by Gasteiger charge is -2.28. The molecule has 114 valence electrons. The molecule has 0 aliphatic heterocycles. The number of halogens is 3. The van der Waals surface area contributed by atoms with Crippen LogP contribution in [0.1, 0.15) is 18.1 Å². The average Bonchev–Trinajstić information content (AvgIpc) is 2.42. The molecular formula is C13H13F3N2O3. The molecule has 0 saturated heterocycles. The van der Waals surface area contributed by atoms with E-state index in [2.05, 4.69) is 0 Å². The Bertz CT molecular complexity index is 581. The van der Waals surface area contributed by atoms with Crippen LogP contribution in [0.15, 0.2) is 18.2 Å². The van der Waals surface area contributed by atoms with Crippen LogP contribution in [0.2, 0.25) is 0 Å². The molecule has 1 atom stereocenters. The monoisotopic (exact) mass is 302 g/mol. The van der Waals surface area contributed by atoms with Crippen molar-refractivity contribution in [2.45, 2.75) is 25.2 Å². The van der Waals surface area contributed by atoms with Crippen molar-refractivity contribution in [2.24, 2.45) is 0 Å². The number of alkyl halides is 3. The number of ether oxygens (including phenoxy) is 1. The van der Waals surface area contributed by atoms with E-state index in [0.717, 1.165) is 0 Å². The molecule has 5 nitrogen and oxygen atoms in total. The molecule has 8 heteroatoms. The van der Waals surface area contributed by atoms with Crippen molar-refractivity contribution in [2.75, 3.05) is 7.11 Å². The normalized spacial score (nSPS) is 14.1. The SMILES string of the molecule is COc1ccc(CNC(C)(C(=O)O)C(F)(F)F)cc1C#N. The zero-order chi connectivity index (χ0) is 16.3. The van der Waals surface area contributed by atoms with Crippen molar-refractivity contribution in [3.8, 4) is 11.8 Å². The van der Waals surface area contributed by atoms with Gasteiger partial charge in [-0.2, -0.15) is 18.4 Å². The second-order valence-electron chi connectivity index (χ2n) is 4.43. The lowest BCUT2D eigenvalue weighted by Crippen LogP contribution is -2.59. The molecule has 0 aliphatic rings. The summed E-state index contributed by atoms with van der Waals surface area (Å²) in [4.78, 5) is 10.9. The van der Waals surface area contributed by atoms with Crippen molar-refractivity contribution >= 4 is 5.97 Å². The maximum Gasteiger partial charge on any atom is 0.417 e. The zero-order valence-corrected chi connectivity index (χ0v) is 11.3. The Hall–Kier alpha value is -2.27. The second kappa shape index (κ2) is 6.01. The van der Waals surface area contributed by atoms with Gasteiger partial charge in [-0.3, -0.25) is 5.32 Å². The number of carboxylic acids is 1. The summed E-state index contributed by atoms with van der Waals surface area (Å²) >= 11 is 0. The molecule has 0 radical (unpaired) electrons.